The van der Waals surface area contributed by atoms with Crippen LogP contribution in [0.15, 0.2) is 30.0 Å². The lowest BCUT2D eigenvalue weighted by Crippen LogP contribution is -2.49. The monoisotopic (exact) mass is 345 g/mol. The van der Waals surface area contributed by atoms with E-state index < -0.39 is 11.4 Å². The number of carbonyl (C=O) groups is 2. The molecule has 1 atom stereocenters. The summed E-state index contributed by atoms with van der Waals surface area (Å²) in [5, 5.41) is 9.84. The molecule has 0 spiro atoms. The number of carboxylic acids is 1. The third-order valence-corrected chi connectivity index (χ3v) is 5.23. The Bertz CT molecular complexity index is 727. The number of aliphatic carboxylic acids is 1. The van der Waals surface area contributed by atoms with Gasteiger partial charge in [-0.15, -0.1) is 0 Å². The zero-order valence-corrected chi connectivity index (χ0v) is 14.6. The molecule has 1 aliphatic heterocycles. The van der Waals surface area contributed by atoms with Crippen LogP contribution in [-0.2, 0) is 16.1 Å². The molecule has 0 bridgehead atoms. The van der Waals surface area contributed by atoms with E-state index in [9.17, 15) is 14.7 Å². The molecule has 2 aliphatic rings. The molecule has 25 heavy (non-hydrogen) atoms. The summed E-state index contributed by atoms with van der Waals surface area (Å²) in [7, 11) is 3.15. The van der Waals surface area contributed by atoms with Crippen LogP contribution in [0.25, 0.3) is 0 Å². The number of piperidine rings is 1. The van der Waals surface area contributed by atoms with Crippen molar-refractivity contribution in [1.82, 2.24) is 4.90 Å². The maximum Gasteiger partial charge on any atom is 0.315 e. The molecular weight excluding hydrogens is 322 g/mol. The Morgan fingerprint density at radius 1 is 1.28 bits per heavy atom. The average Bonchev–Trinajstić information content (AvgIpc) is 2.64. The highest BCUT2D eigenvalue weighted by Gasteiger charge is 2.49. The number of hydrogen-bond donors (Lipinski definition) is 1. The fraction of sp³-hybridized carbons (Fsp3) is 0.474. The van der Waals surface area contributed by atoms with Gasteiger partial charge in [0.05, 0.1) is 20.8 Å². The molecule has 0 aromatic heterocycles. The predicted octanol–water partition coefficient (Wildman–Crippen LogP) is 2.97. The van der Waals surface area contributed by atoms with Crippen LogP contribution < -0.4 is 9.47 Å². The smallest absolute Gasteiger partial charge is 0.315 e. The van der Waals surface area contributed by atoms with Gasteiger partial charge < -0.3 is 19.5 Å². The Hall–Kier alpha value is -2.50. The van der Waals surface area contributed by atoms with E-state index in [1.54, 1.807) is 25.2 Å². The summed E-state index contributed by atoms with van der Waals surface area (Å²) in [6, 6.07) is 5.43. The molecule has 0 unspecified atom stereocenters. The van der Waals surface area contributed by atoms with Crippen LogP contribution >= 0.6 is 0 Å². The number of methoxy groups -OCH3 is 2. The molecule has 6 nitrogen and oxygen atoms in total. The normalized spacial score (nSPS) is 22.9. The van der Waals surface area contributed by atoms with Crippen molar-refractivity contribution in [3.05, 3.63) is 35.5 Å². The molecular formula is C19H23NO5. The minimum Gasteiger partial charge on any atom is -0.497 e. The van der Waals surface area contributed by atoms with Gasteiger partial charge in [-0.25, -0.2) is 0 Å². The molecule has 1 N–H and O–H groups in total. The van der Waals surface area contributed by atoms with Crippen molar-refractivity contribution in [2.45, 2.75) is 38.6 Å². The maximum atomic E-state index is 12.6. The van der Waals surface area contributed by atoms with E-state index in [0.717, 1.165) is 18.4 Å². The first kappa shape index (κ1) is 17.3. The Balaban J connectivity index is 1.97. The number of rotatable bonds is 5. The van der Waals surface area contributed by atoms with Gasteiger partial charge in [0.1, 0.15) is 16.9 Å². The summed E-state index contributed by atoms with van der Waals surface area (Å²) >= 11 is 0. The van der Waals surface area contributed by atoms with Crippen LogP contribution in [0.1, 0.15) is 37.7 Å². The highest BCUT2D eigenvalue weighted by molar-refractivity contribution is 5.87. The number of carbonyl (C=O) groups excluding carboxylic acids is 1. The third kappa shape index (κ3) is 2.97. The quantitative estimate of drug-likeness (QED) is 0.888. The second-order valence-electron chi connectivity index (χ2n) is 6.53. The Kier molecular flexibility index (Phi) is 4.70. The van der Waals surface area contributed by atoms with E-state index in [2.05, 4.69) is 0 Å². The van der Waals surface area contributed by atoms with E-state index in [0.29, 0.717) is 36.6 Å². The molecule has 1 saturated heterocycles. The van der Waals surface area contributed by atoms with Gasteiger partial charge in [0, 0.05) is 23.7 Å². The van der Waals surface area contributed by atoms with E-state index in [1.165, 1.54) is 0 Å². The lowest BCUT2D eigenvalue weighted by Gasteiger charge is -2.44. The van der Waals surface area contributed by atoms with Crippen molar-refractivity contribution in [1.29, 1.82) is 0 Å². The largest absolute Gasteiger partial charge is 0.497 e. The topological polar surface area (TPSA) is 76.1 Å². The van der Waals surface area contributed by atoms with Crippen molar-refractivity contribution in [3.8, 4) is 11.5 Å². The van der Waals surface area contributed by atoms with Crippen molar-refractivity contribution in [2.75, 3.05) is 14.2 Å². The number of likely N-dealkylation sites (tertiary alicyclic amines) is 1. The summed E-state index contributed by atoms with van der Waals surface area (Å²) in [5.41, 5.74) is 0.524. The summed E-state index contributed by atoms with van der Waals surface area (Å²) in [6.45, 7) is 0.298. The number of fused-ring (bicyclic) bond motifs is 1. The van der Waals surface area contributed by atoms with Gasteiger partial charge in [-0.3, -0.25) is 9.59 Å². The van der Waals surface area contributed by atoms with Gasteiger partial charge in [0.2, 0.25) is 5.91 Å². The summed E-state index contributed by atoms with van der Waals surface area (Å²) in [4.78, 5) is 26.2. The Morgan fingerprint density at radius 3 is 2.76 bits per heavy atom. The summed E-state index contributed by atoms with van der Waals surface area (Å²) < 4.78 is 10.6. The van der Waals surface area contributed by atoms with Crippen molar-refractivity contribution < 1.29 is 24.2 Å². The zero-order valence-electron chi connectivity index (χ0n) is 14.6. The van der Waals surface area contributed by atoms with E-state index in [1.807, 2.05) is 18.2 Å². The minimum absolute atomic E-state index is 0.0390. The number of hydrogen-bond acceptors (Lipinski definition) is 4. The molecule has 134 valence electrons. The molecule has 1 aromatic carbocycles. The van der Waals surface area contributed by atoms with Crippen molar-refractivity contribution in [3.63, 3.8) is 0 Å². The van der Waals surface area contributed by atoms with Gasteiger partial charge in [0.25, 0.3) is 0 Å². The van der Waals surface area contributed by atoms with Gasteiger partial charge in [-0.05, 0) is 37.8 Å². The van der Waals surface area contributed by atoms with E-state index in [-0.39, 0.29) is 12.3 Å². The highest BCUT2D eigenvalue weighted by Crippen LogP contribution is 2.47. The van der Waals surface area contributed by atoms with Crippen molar-refractivity contribution in [2.24, 2.45) is 5.41 Å². The second-order valence-corrected chi connectivity index (χ2v) is 6.53. The standard InChI is InChI=1S/C19H23NO5/c1-24-14-7-6-13(15(11-14)25-2)12-20-16-5-3-4-9-19(16,18(22)23)10-8-17(20)21/h5-7,11H,3-4,8-10,12H2,1-2H3,(H,22,23)/t19-/m0/s1. The first-order chi connectivity index (χ1) is 12.0. The van der Waals surface area contributed by atoms with Crippen LogP contribution in [0.3, 0.4) is 0 Å². The van der Waals surface area contributed by atoms with Gasteiger partial charge in [-0.1, -0.05) is 6.08 Å². The lowest BCUT2D eigenvalue weighted by atomic mass is 9.70. The van der Waals surface area contributed by atoms with Gasteiger partial charge in [0.15, 0.2) is 0 Å². The molecule has 1 heterocycles. The number of allylic oxidation sites excluding steroid dienone is 1. The molecule has 6 heteroatoms. The van der Waals surface area contributed by atoms with Crippen LogP contribution in [0.4, 0.5) is 0 Å². The van der Waals surface area contributed by atoms with Gasteiger partial charge >= 0.3 is 5.97 Å². The lowest BCUT2D eigenvalue weighted by molar-refractivity contribution is -0.153. The molecule has 1 aromatic rings. The minimum atomic E-state index is -0.939. The molecule has 0 saturated carbocycles. The Labute approximate surface area is 147 Å². The maximum absolute atomic E-state index is 12.6. The summed E-state index contributed by atoms with van der Waals surface area (Å²) in [6.07, 6.45) is 4.77. The first-order valence-electron chi connectivity index (χ1n) is 8.47. The van der Waals surface area contributed by atoms with E-state index >= 15 is 0 Å². The molecule has 1 aliphatic carbocycles. The highest BCUT2D eigenvalue weighted by atomic mass is 16.5. The van der Waals surface area contributed by atoms with Crippen LogP contribution in [-0.4, -0.2) is 36.1 Å². The third-order valence-electron chi connectivity index (χ3n) is 5.23. The van der Waals surface area contributed by atoms with Crippen molar-refractivity contribution >= 4 is 11.9 Å². The molecule has 0 radical (unpaired) electrons. The first-order valence-corrected chi connectivity index (χ1v) is 8.47. The molecule has 1 amide bonds. The fourth-order valence-corrected chi connectivity index (χ4v) is 3.83. The molecule has 1 fully saturated rings. The second kappa shape index (κ2) is 6.78. The van der Waals surface area contributed by atoms with Gasteiger partial charge in [-0.2, -0.15) is 0 Å². The summed E-state index contributed by atoms with van der Waals surface area (Å²) in [5.74, 6) is 0.415. The average molecular weight is 345 g/mol. The predicted molar refractivity (Wildman–Crippen MR) is 91.3 cm³/mol. The number of nitrogens with zero attached hydrogens (tertiary/aromatic N) is 1. The Morgan fingerprint density at radius 2 is 2.08 bits per heavy atom. The number of amides is 1. The van der Waals surface area contributed by atoms with Crippen LogP contribution in [0, 0.1) is 5.41 Å². The molecule has 3 rings (SSSR count). The fourth-order valence-electron chi connectivity index (χ4n) is 3.83. The van der Waals surface area contributed by atoms with Crippen LogP contribution in [0.5, 0.6) is 11.5 Å². The zero-order chi connectivity index (χ0) is 18.0. The van der Waals surface area contributed by atoms with E-state index in [4.69, 9.17) is 9.47 Å². The number of carboxylic acid groups (broad SMARTS) is 1. The number of ether oxygens (including phenoxy) is 2. The van der Waals surface area contributed by atoms with Crippen LogP contribution in [0.2, 0.25) is 0 Å². The number of benzene rings is 1. The SMILES string of the molecule is COc1ccc(CN2C(=O)CC[C@@]3(C(=O)O)CCCC=C23)c(OC)c1.